The van der Waals surface area contributed by atoms with E-state index in [-0.39, 0.29) is 12.5 Å². The number of rotatable bonds is 1. The Kier molecular flexibility index (Phi) is 2.21. The Hall–Kier alpha value is -1.42. The summed E-state index contributed by atoms with van der Waals surface area (Å²) in [7, 11) is 0. The third-order valence-electron chi connectivity index (χ3n) is 2.35. The molecule has 1 atom stereocenters. The maximum Gasteiger partial charge on any atom is 0.246 e. The van der Waals surface area contributed by atoms with E-state index >= 15 is 0 Å². The molecule has 1 aliphatic rings. The maximum absolute atomic E-state index is 10.9. The minimum atomic E-state index is -0.491. The SMILES string of the molecule is CC1(c2ccccn2)CNC(=O)CO1. The number of nitrogens with one attached hydrogen (secondary N) is 1. The normalized spacial score (nSPS) is 27.1. The van der Waals surface area contributed by atoms with Crippen molar-refractivity contribution in [2.45, 2.75) is 12.5 Å². The van der Waals surface area contributed by atoms with Crippen molar-refractivity contribution in [1.29, 1.82) is 0 Å². The number of aromatic nitrogens is 1. The lowest BCUT2D eigenvalue weighted by Crippen LogP contribution is -2.49. The zero-order chi connectivity index (χ0) is 10.0. The molecule has 1 aliphatic heterocycles. The lowest BCUT2D eigenvalue weighted by Gasteiger charge is -2.33. The Morgan fingerprint density at radius 1 is 1.57 bits per heavy atom. The van der Waals surface area contributed by atoms with E-state index in [1.807, 2.05) is 25.1 Å². The van der Waals surface area contributed by atoms with Crippen LogP contribution in [0.3, 0.4) is 0 Å². The quantitative estimate of drug-likeness (QED) is 0.702. The van der Waals surface area contributed by atoms with E-state index in [1.54, 1.807) is 6.20 Å². The summed E-state index contributed by atoms with van der Waals surface area (Å²) in [6.07, 6.45) is 1.72. The second kappa shape index (κ2) is 3.38. The fourth-order valence-corrected chi connectivity index (χ4v) is 1.43. The van der Waals surface area contributed by atoms with E-state index in [0.717, 1.165) is 5.69 Å². The summed E-state index contributed by atoms with van der Waals surface area (Å²) in [5.74, 6) is -0.0709. The Bertz CT molecular complexity index is 327. The lowest BCUT2D eigenvalue weighted by molar-refractivity contribution is -0.143. The van der Waals surface area contributed by atoms with Crippen LogP contribution in [-0.2, 0) is 15.1 Å². The first-order valence-corrected chi connectivity index (χ1v) is 4.53. The predicted octanol–water partition coefficient (Wildman–Crippen LogP) is 0.443. The molecule has 1 aromatic rings. The Balaban J connectivity index is 2.21. The molecular formula is C10H12N2O2. The van der Waals surface area contributed by atoms with Gasteiger partial charge >= 0.3 is 0 Å². The molecule has 1 saturated heterocycles. The summed E-state index contributed by atoms with van der Waals surface area (Å²) in [5, 5.41) is 2.77. The molecule has 0 bridgehead atoms. The molecule has 14 heavy (non-hydrogen) atoms. The molecule has 4 nitrogen and oxygen atoms in total. The van der Waals surface area contributed by atoms with Crippen LogP contribution in [0, 0.1) is 0 Å². The fraction of sp³-hybridized carbons (Fsp3) is 0.400. The van der Waals surface area contributed by atoms with E-state index in [0.29, 0.717) is 6.54 Å². The van der Waals surface area contributed by atoms with Crippen LogP contribution in [0.1, 0.15) is 12.6 Å². The Morgan fingerprint density at radius 3 is 3.00 bits per heavy atom. The van der Waals surface area contributed by atoms with Crippen LogP contribution in [0.4, 0.5) is 0 Å². The van der Waals surface area contributed by atoms with Gasteiger partial charge in [0.2, 0.25) is 5.91 Å². The number of ether oxygens (including phenoxy) is 1. The van der Waals surface area contributed by atoms with Crippen molar-refractivity contribution in [1.82, 2.24) is 10.3 Å². The summed E-state index contributed by atoms with van der Waals surface area (Å²) < 4.78 is 5.49. The van der Waals surface area contributed by atoms with Gasteiger partial charge in [0.15, 0.2) is 0 Å². The average Bonchev–Trinajstić information content (AvgIpc) is 2.24. The van der Waals surface area contributed by atoms with Gasteiger partial charge in [0, 0.05) is 6.20 Å². The molecule has 0 aliphatic carbocycles. The summed E-state index contributed by atoms with van der Waals surface area (Å²) in [6, 6.07) is 5.67. The largest absolute Gasteiger partial charge is 0.357 e. The van der Waals surface area contributed by atoms with Gasteiger partial charge in [-0.05, 0) is 19.1 Å². The first kappa shape index (κ1) is 9.15. The first-order valence-electron chi connectivity index (χ1n) is 4.53. The standard InChI is InChI=1S/C10H12N2O2/c1-10(7-12-9(13)6-14-10)8-4-2-3-5-11-8/h2-5H,6-7H2,1H3,(H,12,13). The van der Waals surface area contributed by atoms with E-state index in [4.69, 9.17) is 4.74 Å². The van der Waals surface area contributed by atoms with Crippen LogP contribution in [0.15, 0.2) is 24.4 Å². The lowest BCUT2D eigenvalue weighted by atomic mass is 10.00. The Labute approximate surface area is 82.3 Å². The highest BCUT2D eigenvalue weighted by Crippen LogP contribution is 2.24. The number of morpholine rings is 1. The van der Waals surface area contributed by atoms with Crippen molar-refractivity contribution in [3.63, 3.8) is 0 Å². The van der Waals surface area contributed by atoms with Crippen LogP contribution in [-0.4, -0.2) is 24.0 Å². The van der Waals surface area contributed by atoms with Crippen LogP contribution >= 0.6 is 0 Å². The summed E-state index contributed by atoms with van der Waals surface area (Å²) in [5.41, 5.74) is 0.356. The molecule has 1 amide bonds. The van der Waals surface area contributed by atoms with Gasteiger partial charge in [-0.1, -0.05) is 6.07 Å². The number of pyridine rings is 1. The molecule has 1 aromatic heterocycles. The molecule has 4 heteroatoms. The van der Waals surface area contributed by atoms with Crippen LogP contribution < -0.4 is 5.32 Å². The number of hydrogen-bond donors (Lipinski definition) is 1. The highest BCUT2D eigenvalue weighted by atomic mass is 16.5. The first-order chi connectivity index (χ1) is 6.71. The minimum Gasteiger partial charge on any atom is -0.357 e. The topological polar surface area (TPSA) is 51.2 Å². The van der Waals surface area contributed by atoms with Crippen molar-refractivity contribution < 1.29 is 9.53 Å². The Morgan fingerprint density at radius 2 is 2.43 bits per heavy atom. The average molecular weight is 192 g/mol. The van der Waals surface area contributed by atoms with Gasteiger partial charge < -0.3 is 10.1 Å². The molecule has 1 N–H and O–H groups in total. The third kappa shape index (κ3) is 1.61. The molecule has 0 aromatic carbocycles. The van der Waals surface area contributed by atoms with Crippen molar-refractivity contribution in [3.05, 3.63) is 30.1 Å². The van der Waals surface area contributed by atoms with E-state index < -0.39 is 5.60 Å². The highest BCUT2D eigenvalue weighted by molar-refractivity contribution is 5.78. The van der Waals surface area contributed by atoms with Gasteiger partial charge in [-0.15, -0.1) is 0 Å². The molecule has 0 saturated carbocycles. The fourth-order valence-electron chi connectivity index (χ4n) is 1.43. The highest BCUT2D eigenvalue weighted by Gasteiger charge is 2.33. The van der Waals surface area contributed by atoms with Crippen molar-refractivity contribution >= 4 is 5.91 Å². The van der Waals surface area contributed by atoms with Crippen LogP contribution in [0.5, 0.6) is 0 Å². The zero-order valence-electron chi connectivity index (χ0n) is 7.99. The molecule has 1 unspecified atom stereocenters. The summed E-state index contributed by atoms with van der Waals surface area (Å²) in [4.78, 5) is 15.1. The molecule has 74 valence electrons. The molecule has 0 radical (unpaired) electrons. The van der Waals surface area contributed by atoms with Crippen LogP contribution in [0.25, 0.3) is 0 Å². The predicted molar refractivity (Wildman–Crippen MR) is 50.6 cm³/mol. The van der Waals surface area contributed by atoms with Crippen molar-refractivity contribution in [2.75, 3.05) is 13.2 Å². The summed E-state index contributed by atoms with van der Waals surface area (Å²) in [6.45, 7) is 2.50. The van der Waals surface area contributed by atoms with E-state index in [1.165, 1.54) is 0 Å². The molecule has 1 fully saturated rings. The monoisotopic (exact) mass is 192 g/mol. The second-order valence-corrected chi connectivity index (χ2v) is 3.51. The van der Waals surface area contributed by atoms with Gasteiger partial charge in [-0.2, -0.15) is 0 Å². The molecule has 2 heterocycles. The van der Waals surface area contributed by atoms with Gasteiger partial charge in [-0.25, -0.2) is 0 Å². The second-order valence-electron chi connectivity index (χ2n) is 3.51. The van der Waals surface area contributed by atoms with E-state index in [2.05, 4.69) is 10.3 Å². The van der Waals surface area contributed by atoms with Crippen LogP contribution in [0.2, 0.25) is 0 Å². The van der Waals surface area contributed by atoms with Gasteiger partial charge in [-0.3, -0.25) is 9.78 Å². The van der Waals surface area contributed by atoms with Crippen molar-refractivity contribution in [3.8, 4) is 0 Å². The number of nitrogens with zero attached hydrogens (tertiary/aromatic N) is 1. The molecule has 0 spiro atoms. The van der Waals surface area contributed by atoms with Gasteiger partial charge in [0.25, 0.3) is 0 Å². The van der Waals surface area contributed by atoms with Gasteiger partial charge in [0.05, 0.1) is 12.2 Å². The smallest absolute Gasteiger partial charge is 0.246 e. The maximum atomic E-state index is 10.9. The van der Waals surface area contributed by atoms with Crippen molar-refractivity contribution in [2.24, 2.45) is 0 Å². The summed E-state index contributed by atoms with van der Waals surface area (Å²) >= 11 is 0. The number of hydrogen-bond acceptors (Lipinski definition) is 3. The van der Waals surface area contributed by atoms with Gasteiger partial charge in [0.1, 0.15) is 12.2 Å². The third-order valence-corrected chi connectivity index (χ3v) is 2.35. The zero-order valence-corrected chi connectivity index (χ0v) is 7.99. The molecule has 2 rings (SSSR count). The van der Waals surface area contributed by atoms with E-state index in [9.17, 15) is 4.79 Å². The number of amides is 1. The minimum absolute atomic E-state index is 0.0709. The number of carbonyl (C=O) groups is 1. The molecular weight excluding hydrogens is 180 g/mol. The number of carbonyl (C=O) groups excluding carboxylic acids is 1.